The number of halogens is 1. The highest BCUT2D eigenvalue weighted by atomic mass is 19.1. The molecule has 0 spiro atoms. The van der Waals surface area contributed by atoms with Gasteiger partial charge in [-0.25, -0.2) is 9.37 Å². The summed E-state index contributed by atoms with van der Waals surface area (Å²) in [5, 5.41) is 0. The summed E-state index contributed by atoms with van der Waals surface area (Å²) < 4.78 is 17.5. The summed E-state index contributed by atoms with van der Waals surface area (Å²) in [6.07, 6.45) is 1.13. The molecule has 0 bridgehead atoms. The molecule has 0 aliphatic carbocycles. The van der Waals surface area contributed by atoms with Gasteiger partial charge in [-0.3, -0.25) is 4.79 Å². The lowest BCUT2D eigenvalue weighted by Gasteiger charge is -2.20. The smallest absolute Gasteiger partial charge is 0.325 e. The van der Waals surface area contributed by atoms with E-state index in [0.717, 1.165) is 6.20 Å². The monoisotopic (exact) mass is 226 g/mol. The summed E-state index contributed by atoms with van der Waals surface area (Å²) in [6.45, 7) is 4.74. The number of carbonyl (C=O) groups excluding carboxylic acids is 1. The van der Waals surface area contributed by atoms with Gasteiger partial charge in [0.2, 0.25) is 0 Å². The van der Waals surface area contributed by atoms with Crippen LogP contribution in [0.2, 0.25) is 0 Å². The van der Waals surface area contributed by atoms with E-state index in [1.54, 1.807) is 11.8 Å². The molecule has 1 aromatic heterocycles. The van der Waals surface area contributed by atoms with Crippen molar-refractivity contribution >= 4 is 11.8 Å². The molecule has 0 aromatic carbocycles. The van der Waals surface area contributed by atoms with Gasteiger partial charge in [0.15, 0.2) is 0 Å². The first kappa shape index (κ1) is 12.4. The predicted molar refractivity (Wildman–Crippen MR) is 58.7 cm³/mol. The summed E-state index contributed by atoms with van der Waals surface area (Å²) >= 11 is 0. The largest absolute Gasteiger partial charge is 0.465 e. The van der Waals surface area contributed by atoms with Crippen molar-refractivity contribution in [1.82, 2.24) is 4.98 Å². The second-order valence-electron chi connectivity index (χ2n) is 3.15. The average Bonchev–Trinajstić information content (AvgIpc) is 2.27. The fourth-order valence-corrected chi connectivity index (χ4v) is 1.27. The number of anilines is 1. The number of nitrogens with zero attached hydrogens (tertiary/aromatic N) is 2. The minimum atomic E-state index is -0.393. The Hall–Kier alpha value is -1.65. The molecule has 0 aliphatic rings. The maximum absolute atomic E-state index is 12.7. The molecule has 1 aromatic rings. The molecular formula is C11H15FN2O2. The Labute approximate surface area is 94.0 Å². The van der Waals surface area contributed by atoms with Crippen molar-refractivity contribution in [2.75, 3.05) is 24.6 Å². The van der Waals surface area contributed by atoms with Crippen LogP contribution in [0.5, 0.6) is 0 Å². The van der Waals surface area contributed by atoms with Gasteiger partial charge in [0.05, 0.1) is 12.8 Å². The molecule has 0 aliphatic heterocycles. The minimum absolute atomic E-state index is 0.128. The van der Waals surface area contributed by atoms with Crippen LogP contribution in [0, 0.1) is 5.82 Å². The Kier molecular flexibility index (Phi) is 4.69. The van der Waals surface area contributed by atoms with Crippen LogP contribution in [0.4, 0.5) is 10.2 Å². The highest BCUT2D eigenvalue weighted by Crippen LogP contribution is 2.10. The zero-order valence-corrected chi connectivity index (χ0v) is 9.44. The van der Waals surface area contributed by atoms with E-state index >= 15 is 0 Å². The summed E-state index contributed by atoms with van der Waals surface area (Å²) in [6, 6.07) is 2.86. The van der Waals surface area contributed by atoms with Crippen molar-refractivity contribution in [2.24, 2.45) is 0 Å². The van der Waals surface area contributed by atoms with E-state index in [0.29, 0.717) is 19.0 Å². The van der Waals surface area contributed by atoms with Gasteiger partial charge in [-0.1, -0.05) is 0 Å². The first-order chi connectivity index (χ1) is 7.67. The number of ether oxygens (including phenoxy) is 1. The molecule has 0 fully saturated rings. The van der Waals surface area contributed by atoms with E-state index in [4.69, 9.17) is 4.74 Å². The molecule has 1 rings (SSSR count). The van der Waals surface area contributed by atoms with E-state index in [2.05, 4.69) is 4.98 Å². The van der Waals surface area contributed by atoms with Crippen molar-refractivity contribution in [3.05, 3.63) is 24.1 Å². The Morgan fingerprint density at radius 2 is 2.25 bits per heavy atom. The number of hydrogen-bond acceptors (Lipinski definition) is 4. The number of carbonyl (C=O) groups is 1. The number of pyridine rings is 1. The molecule has 0 amide bonds. The fraction of sp³-hybridized carbons (Fsp3) is 0.455. The normalized spacial score (nSPS) is 9.94. The van der Waals surface area contributed by atoms with Crippen LogP contribution in [0.25, 0.3) is 0 Å². The van der Waals surface area contributed by atoms with Gasteiger partial charge in [-0.15, -0.1) is 0 Å². The van der Waals surface area contributed by atoms with Gasteiger partial charge in [0.25, 0.3) is 0 Å². The van der Waals surface area contributed by atoms with Gasteiger partial charge >= 0.3 is 5.97 Å². The standard InChI is InChI=1S/C11H15FN2O2/c1-3-14(8-11(15)16-4-2)10-6-5-9(12)7-13-10/h5-7H,3-4,8H2,1-2H3. The minimum Gasteiger partial charge on any atom is -0.465 e. The Bertz CT molecular complexity index is 340. The summed E-state index contributed by atoms with van der Waals surface area (Å²) in [5.41, 5.74) is 0. The third-order valence-electron chi connectivity index (χ3n) is 2.04. The fourth-order valence-electron chi connectivity index (χ4n) is 1.27. The Morgan fingerprint density at radius 1 is 1.50 bits per heavy atom. The molecular weight excluding hydrogens is 211 g/mol. The van der Waals surface area contributed by atoms with Gasteiger partial charge in [0.1, 0.15) is 18.2 Å². The van der Waals surface area contributed by atoms with Gasteiger partial charge in [-0.05, 0) is 26.0 Å². The first-order valence-electron chi connectivity index (χ1n) is 5.19. The zero-order valence-electron chi connectivity index (χ0n) is 9.44. The Morgan fingerprint density at radius 3 is 2.75 bits per heavy atom. The zero-order chi connectivity index (χ0) is 12.0. The topological polar surface area (TPSA) is 42.4 Å². The maximum atomic E-state index is 12.7. The van der Waals surface area contributed by atoms with E-state index in [1.807, 2.05) is 6.92 Å². The van der Waals surface area contributed by atoms with Gasteiger partial charge < -0.3 is 9.64 Å². The summed E-state index contributed by atoms with van der Waals surface area (Å²) in [4.78, 5) is 16.9. The van der Waals surface area contributed by atoms with Crippen LogP contribution >= 0.6 is 0 Å². The van der Waals surface area contributed by atoms with E-state index in [9.17, 15) is 9.18 Å². The molecule has 16 heavy (non-hydrogen) atoms. The van der Waals surface area contributed by atoms with Crippen molar-refractivity contribution in [3.8, 4) is 0 Å². The number of aromatic nitrogens is 1. The molecule has 0 saturated carbocycles. The number of likely N-dealkylation sites (N-methyl/N-ethyl adjacent to an activating group) is 1. The van der Waals surface area contributed by atoms with Crippen molar-refractivity contribution in [2.45, 2.75) is 13.8 Å². The summed E-state index contributed by atoms with van der Waals surface area (Å²) in [7, 11) is 0. The van der Waals surface area contributed by atoms with Crippen molar-refractivity contribution < 1.29 is 13.9 Å². The predicted octanol–water partition coefficient (Wildman–Crippen LogP) is 1.61. The van der Waals surface area contributed by atoms with Gasteiger partial charge in [0, 0.05) is 6.54 Å². The number of rotatable bonds is 5. The molecule has 0 saturated heterocycles. The van der Waals surface area contributed by atoms with Gasteiger partial charge in [-0.2, -0.15) is 0 Å². The third kappa shape index (κ3) is 3.49. The first-order valence-corrected chi connectivity index (χ1v) is 5.19. The quantitative estimate of drug-likeness (QED) is 0.715. The second-order valence-corrected chi connectivity index (χ2v) is 3.15. The van der Waals surface area contributed by atoms with Crippen LogP contribution in [0.1, 0.15) is 13.8 Å². The van der Waals surface area contributed by atoms with E-state index in [-0.39, 0.29) is 12.5 Å². The Balaban J connectivity index is 2.67. The molecule has 0 N–H and O–H groups in total. The summed E-state index contributed by atoms with van der Waals surface area (Å²) in [5.74, 6) is -0.136. The maximum Gasteiger partial charge on any atom is 0.325 e. The molecule has 0 atom stereocenters. The number of esters is 1. The van der Waals surface area contributed by atoms with E-state index in [1.165, 1.54) is 12.1 Å². The van der Waals surface area contributed by atoms with Crippen molar-refractivity contribution in [1.29, 1.82) is 0 Å². The molecule has 1 heterocycles. The highest BCUT2D eigenvalue weighted by molar-refractivity contribution is 5.75. The van der Waals surface area contributed by atoms with Crippen LogP contribution in [0.3, 0.4) is 0 Å². The highest BCUT2D eigenvalue weighted by Gasteiger charge is 2.11. The van der Waals surface area contributed by atoms with Crippen LogP contribution in [-0.4, -0.2) is 30.6 Å². The molecule has 0 unspecified atom stereocenters. The van der Waals surface area contributed by atoms with Crippen LogP contribution < -0.4 is 4.90 Å². The molecule has 5 heteroatoms. The SMILES string of the molecule is CCOC(=O)CN(CC)c1ccc(F)cn1. The van der Waals surface area contributed by atoms with Crippen LogP contribution in [0.15, 0.2) is 18.3 Å². The van der Waals surface area contributed by atoms with Crippen molar-refractivity contribution in [3.63, 3.8) is 0 Å². The molecule has 88 valence electrons. The lowest BCUT2D eigenvalue weighted by molar-refractivity contribution is -0.141. The second kappa shape index (κ2) is 6.05. The lowest BCUT2D eigenvalue weighted by atomic mass is 10.4. The third-order valence-corrected chi connectivity index (χ3v) is 2.04. The molecule has 0 radical (unpaired) electrons. The van der Waals surface area contributed by atoms with Crippen LogP contribution in [-0.2, 0) is 9.53 Å². The van der Waals surface area contributed by atoms with E-state index < -0.39 is 5.82 Å². The molecule has 4 nitrogen and oxygen atoms in total. The lowest BCUT2D eigenvalue weighted by Crippen LogP contribution is -2.31. The average molecular weight is 226 g/mol. The number of hydrogen-bond donors (Lipinski definition) is 0.